The molecule has 0 aromatic heterocycles. The molecule has 8 nitrogen and oxygen atoms in total. The lowest BCUT2D eigenvalue weighted by molar-refractivity contribution is 0.302. The summed E-state index contributed by atoms with van der Waals surface area (Å²) in [5.74, 6) is 0.110. The maximum Gasteiger partial charge on any atom is 0.264 e. The average molecular weight is 647 g/mol. The minimum absolute atomic E-state index is 0.0387. The van der Waals surface area contributed by atoms with Gasteiger partial charge in [0.1, 0.15) is 11.5 Å². The fourth-order valence-corrected chi connectivity index (χ4v) is 6.81. The molecule has 0 heterocycles. The van der Waals surface area contributed by atoms with Crippen LogP contribution >= 0.6 is 0 Å². The number of hydrogen-bond donors (Lipinski definition) is 2. The highest BCUT2D eigenvalue weighted by Gasteiger charge is 2.24. The Morgan fingerprint density at radius 2 is 0.750 bits per heavy atom. The molecule has 242 valence electrons. The first kappa shape index (κ1) is 35.6. The van der Waals surface area contributed by atoms with Gasteiger partial charge in [0.15, 0.2) is 0 Å². The number of ether oxygens (including phenoxy) is 2. The normalized spacial score (nSPS) is 12.1. The molecule has 0 saturated carbocycles. The Morgan fingerprint density at radius 3 is 1.02 bits per heavy atom. The van der Waals surface area contributed by atoms with Gasteiger partial charge in [-0.05, 0) is 155 Å². The molecule has 44 heavy (non-hydrogen) atoms. The van der Waals surface area contributed by atoms with Crippen LogP contribution in [0, 0.1) is 69.2 Å². The fraction of sp³-hybridized carbons (Fsp3) is 0.471. The van der Waals surface area contributed by atoms with Crippen LogP contribution in [0.3, 0.4) is 0 Å². The first-order valence-electron chi connectivity index (χ1n) is 14.7. The van der Waals surface area contributed by atoms with Crippen LogP contribution in [0.1, 0.15) is 68.5 Å². The summed E-state index contributed by atoms with van der Waals surface area (Å²) in [6.45, 7) is 21.0. The molecule has 0 amide bonds. The maximum absolute atomic E-state index is 11.4. The topological polar surface area (TPSA) is 127 Å². The zero-order valence-corrected chi connectivity index (χ0v) is 29.2. The molecule has 2 N–H and O–H groups in total. The van der Waals surface area contributed by atoms with Crippen LogP contribution in [0.15, 0.2) is 12.1 Å². The zero-order valence-electron chi connectivity index (χ0n) is 27.6. The molecule has 0 bridgehead atoms. The molecule has 3 aromatic rings. The smallest absolute Gasteiger partial charge is 0.264 e. The van der Waals surface area contributed by atoms with Gasteiger partial charge in [-0.15, -0.1) is 0 Å². The summed E-state index contributed by atoms with van der Waals surface area (Å²) >= 11 is 0. The second kappa shape index (κ2) is 13.6. The van der Waals surface area contributed by atoms with Crippen molar-refractivity contribution in [2.75, 3.05) is 24.7 Å². The largest absolute Gasteiger partial charge is 0.493 e. The number of benzene rings is 3. The van der Waals surface area contributed by atoms with E-state index in [9.17, 15) is 25.9 Å². The second-order valence-electron chi connectivity index (χ2n) is 11.8. The average Bonchev–Trinajstić information content (AvgIpc) is 2.93. The molecular formula is C34H46O8S2. The van der Waals surface area contributed by atoms with E-state index in [1.54, 1.807) is 6.07 Å². The van der Waals surface area contributed by atoms with Crippen LogP contribution in [-0.4, -0.2) is 50.7 Å². The second-order valence-corrected chi connectivity index (χ2v) is 15.0. The highest BCUT2D eigenvalue weighted by molar-refractivity contribution is 7.86. The Labute approximate surface area is 263 Å². The summed E-state index contributed by atoms with van der Waals surface area (Å²) in [5.41, 5.74) is 15.2. The summed E-state index contributed by atoms with van der Waals surface area (Å²) < 4.78 is 76.4. The zero-order chi connectivity index (χ0) is 33.3. The predicted octanol–water partition coefficient (Wildman–Crippen LogP) is 7.42. The molecular weight excluding hydrogens is 601 g/mol. The van der Waals surface area contributed by atoms with E-state index in [4.69, 9.17) is 9.47 Å². The molecule has 0 aliphatic rings. The van der Waals surface area contributed by atoms with Crippen LogP contribution in [0.2, 0.25) is 0 Å². The van der Waals surface area contributed by atoms with E-state index in [0.717, 1.165) is 44.5 Å². The SMILES string of the molecule is Cc1c(C)c(C)c(-c2cc(-c3c(C)c(C)c(C)c(C)c3C)c(OCCCS(=O)(=O)O)cc2OCCCS(=O)(=O)O)c(C)c1C. The van der Waals surface area contributed by atoms with Crippen molar-refractivity contribution >= 4 is 20.2 Å². The Kier molecular flexibility index (Phi) is 11.0. The van der Waals surface area contributed by atoms with Gasteiger partial charge >= 0.3 is 0 Å². The highest BCUT2D eigenvalue weighted by Crippen LogP contribution is 2.47. The van der Waals surface area contributed by atoms with Gasteiger partial charge in [0.25, 0.3) is 20.2 Å². The van der Waals surface area contributed by atoms with E-state index >= 15 is 0 Å². The summed E-state index contributed by atoms with van der Waals surface area (Å²) in [7, 11) is -8.29. The molecule has 0 spiro atoms. The third kappa shape index (κ3) is 7.83. The molecule has 0 aliphatic carbocycles. The molecule has 3 rings (SSSR count). The van der Waals surface area contributed by atoms with Crippen LogP contribution in [-0.2, 0) is 20.2 Å². The summed E-state index contributed by atoms with van der Waals surface area (Å²) in [6.07, 6.45) is 0.173. The maximum atomic E-state index is 11.4. The van der Waals surface area contributed by atoms with Crippen molar-refractivity contribution in [1.29, 1.82) is 0 Å². The van der Waals surface area contributed by atoms with Gasteiger partial charge in [-0.25, -0.2) is 0 Å². The highest BCUT2D eigenvalue weighted by atomic mass is 32.2. The van der Waals surface area contributed by atoms with Crippen molar-refractivity contribution in [3.8, 4) is 33.8 Å². The Bertz CT molecular complexity index is 1620. The van der Waals surface area contributed by atoms with E-state index in [0.29, 0.717) is 11.5 Å². The van der Waals surface area contributed by atoms with Gasteiger partial charge in [0, 0.05) is 17.2 Å². The molecule has 0 radical (unpaired) electrons. The monoisotopic (exact) mass is 646 g/mol. The van der Waals surface area contributed by atoms with Crippen molar-refractivity contribution in [3.63, 3.8) is 0 Å². The summed E-state index contributed by atoms with van der Waals surface area (Å²) in [5, 5.41) is 0. The van der Waals surface area contributed by atoms with Crippen molar-refractivity contribution < 1.29 is 35.4 Å². The van der Waals surface area contributed by atoms with Gasteiger partial charge in [-0.2, -0.15) is 16.8 Å². The van der Waals surface area contributed by atoms with Crippen LogP contribution in [0.25, 0.3) is 22.3 Å². The standard InChI is InChI=1S/C34H46O8S2/c1-19-21(3)25(7)33(26(8)22(19)4)29-17-30(34-27(9)23(5)20(2)24(6)28(34)10)32(42-14-12-16-44(38,39)40)18-31(29)41-13-11-15-43(35,36)37/h17-18H,11-16H2,1-10H3,(H,35,36,37)(H,38,39,40). The van der Waals surface area contributed by atoms with Gasteiger partial charge in [-0.1, -0.05) is 0 Å². The summed E-state index contributed by atoms with van der Waals surface area (Å²) in [4.78, 5) is 0. The minimum Gasteiger partial charge on any atom is -0.493 e. The van der Waals surface area contributed by atoms with Gasteiger partial charge in [-0.3, -0.25) is 9.11 Å². The summed E-state index contributed by atoms with van der Waals surface area (Å²) in [6, 6.07) is 3.85. The molecule has 0 fully saturated rings. The van der Waals surface area contributed by atoms with E-state index in [1.807, 2.05) is 0 Å². The van der Waals surface area contributed by atoms with E-state index in [-0.39, 0.29) is 26.1 Å². The lowest BCUT2D eigenvalue weighted by atomic mass is 9.82. The molecule has 10 heteroatoms. The van der Waals surface area contributed by atoms with Crippen molar-refractivity contribution in [2.45, 2.75) is 82.1 Å². The first-order chi connectivity index (χ1) is 20.3. The van der Waals surface area contributed by atoms with Gasteiger partial charge in [0.05, 0.1) is 24.7 Å². The van der Waals surface area contributed by atoms with Crippen molar-refractivity contribution in [2.24, 2.45) is 0 Å². The van der Waals surface area contributed by atoms with E-state index in [2.05, 4.69) is 75.3 Å². The molecule has 0 aliphatic heterocycles. The third-order valence-corrected chi connectivity index (χ3v) is 10.8. The Balaban J connectivity index is 2.37. The van der Waals surface area contributed by atoms with Crippen molar-refractivity contribution in [1.82, 2.24) is 0 Å². The predicted molar refractivity (Wildman–Crippen MR) is 178 cm³/mol. The molecule has 0 atom stereocenters. The van der Waals surface area contributed by atoms with Gasteiger partial charge in [0.2, 0.25) is 0 Å². The minimum atomic E-state index is -4.14. The van der Waals surface area contributed by atoms with E-state index in [1.165, 1.54) is 33.4 Å². The van der Waals surface area contributed by atoms with E-state index < -0.39 is 31.7 Å². The van der Waals surface area contributed by atoms with Crippen LogP contribution < -0.4 is 9.47 Å². The van der Waals surface area contributed by atoms with Crippen molar-refractivity contribution in [3.05, 3.63) is 67.8 Å². The molecule has 0 saturated heterocycles. The molecule has 0 unspecified atom stereocenters. The van der Waals surface area contributed by atoms with Crippen LogP contribution in [0.5, 0.6) is 11.5 Å². The quantitative estimate of drug-likeness (QED) is 0.154. The van der Waals surface area contributed by atoms with Crippen LogP contribution in [0.4, 0.5) is 0 Å². The molecule has 3 aromatic carbocycles. The van der Waals surface area contributed by atoms with Gasteiger partial charge < -0.3 is 9.47 Å². The first-order valence-corrected chi connectivity index (χ1v) is 18.0. The number of rotatable bonds is 12. The fourth-order valence-electron chi connectivity index (χ4n) is 5.85. The lowest BCUT2D eigenvalue weighted by Crippen LogP contribution is -2.11. The Morgan fingerprint density at radius 1 is 0.477 bits per heavy atom. The number of hydrogen-bond acceptors (Lipinski definition) is 6. The third-order valence-electron chi connectivity index (χ3n) is 9.23. The lowest BCUT2D eigenvalue weighted by Gasteiger charge is -2.25. The Hall–Kier alpha value is -2.92.